The number of carbonyl (C=O) groups is 1. The summed E-state index contributed by atoms with van der Waals surface area (Å²) in [4.78, 5) is 21.4. The number of carbonyl (C=O) groups excluding carboxylic acids is 1. The molecule has 1 saturated heterocycles. The highest BCUT2D eigenvalue weighted by molar-refractivity contribution is 6.42. The van der Waals surface area contributed by atoms with Gasteiger partial charge in [-0.2, -0.15) is 9.65 Å². The number of likely N-dealkylation sites (tertiary alicyclic amines) is 1. The van der Waals surface area contributed by atoms with Gasteiger partial charge in [-0.25, -0.2) is 9.78 Å². The molecule has 9 heteroatoms. The van der Waals surface area contributed by atoms with Crippen molar-refractivity contribution in [2.24, 2.45) is 0 Å². The number of urea groups is 1. The van der Waals surface area contributed by atoms with Crippen LogP contribution in [0.5, 0.6) is 0 Å². The third-order valence-electron chi connectivity index (χ3n) is 8.56. The number of benzene rings is 3. The second-order valence-corrected chi connectivity index (χ2v) is 12.1. The largest absolute Gasteiger partial charge is 0.334 e. The fourth-order valence-electron chi connectivity index (χ4n) is 6.17. The van der Waals surface area contributed by atoms with Gasteiger partial charge in [0.2, 0.25) is 5.95 Å². The minimum absolute atomic E-state index is 0.203. The summed E-state index contributed by atoms with van der Waals surface area (Å²) in [6.07, 6.45) is 7.37. The van der Waals surface area contributed by atoms with Gasteiger partial charge in [-0.15, -0.1) is 0 Å². The van der Waals surface area contributed by atoms with Crippen LogP contribution in [0.15, 0.2) is 85.1 Å². The van der Waals surface area contributed by atoms with Crippen molar-refractivity contribution in [1.29, 1.82) is 5.26 Å². The number of aromatic nitrogens is 1. The number of hydrogen-bond acceptors (Lipinski definition) is 4. The molecule has 44 heavy (non-hydrogen) atoms. The van der Waals surface area contributed by atoms with Crippen LogP contribution in [0.25, 0.3) is 17.2 Å². The molecule has 2 aliphatic rings. The Bertz CT molecular complexity index is 1780. The van der Waals surface area contributed by atoms with Gasteiger partial charge in [0, 0.05) is 36.9 Å². The summed E-state index contributed by atoms with van der Waals surface area (Å²) in [6.45, 7) is 3.33. The van der Waals surface area contributed by atoms with Crippen molar-refractivity contribution in [3.8, 4) is 17.2 Å². The molecule has 1 aromatic heterocycles. The van der Waals surface area contributed by atoms with Crippen LogP contribution in [0.1, 0.15) is 35.1 Å². The Hall–Kier alpha value is -4.22. The summed E-state index contributed by atoms with van der Waals surface area (Å²) < 4.78 is 13.6. The van der Waals surface area contributed by atoms with E-state index < -0.39 is 5.95 Å². The molecule has 6 rings (SSSR count). The van der Waals surface area contributed by atoms with E-state index in [-0.39, 0.29) is 18.0 Å². The SMILES string of the molecule is N#Cc1cccc(-c2ccc3c(c2)C2(CCN(C/C=C/c4ccc(Cl)c(Cl)c4)CC2)CN3C(=O)NCc2ccnc(F)c2)c1. The molecule has 3 aromatic carbocycles. The number of anilines is 1. The fourth-order valence-corrected chi connectivity index (χ4v) is 6.48. The topological polar surface area (TPSA) is 72.3 Å². The average molecular weight is 627 g/mol. The minimum Gasteiger partial charge on any atom is -0.334 e. The maximum absolute atomic E-state index is 13.6. The molecule has 6 nitrogen and oxygen atoms in total. The van der Waals surface area contributed by atoms with Gasteiger partial charge in [-0.05, 0) is 102 Å². The third-order valence-corrected chi connectivity index (χ3v) is 9.29. The monoisotopic (exact) mass is 625 g/mol. The van der Waals surface area contributed by atoms with E-state index >= 15 is 0 Å². The Balaban J connectivity index is 1.22. The lowest BCUT2D eigenvalue weighted by Gasteiger charge is -2.39. The summed E-state index contributed by atoms with van der Waals surface area (Å²) in [5.74, 6) is -0.575. The Morgan fingerprint density at radius 3 is 2.61 bits per heavy atom. The van der Waals surface area contributed by atoms with Crippen LogP contribution in [-0.4, -0.2) is 42.1 Å². The smallest absolute Gasteiger partial charge is 0.322 e. The number of rotatable bonds is 6. The molecule has 3 heterocycles. The third kappa shape index (κ3) is 6.34. The van der Waals surface area contributed by atoms with E-state index in [2.05, 4.69) is 39.5 Å². The van der Waals surface area contributed by atoms with E-state index in [0.29, 0.717) is 27.7 Å². The Morgan fingerprint density at radius 1 is 1.02 bits per heavy atom. The van der Waals surface area contributed by atoms with Crippen molar-refractivity contribution in [3.63, 3.8) is 0 Å². The lowest BCUT2D eigenvalue weighted by atomic mass is 9.73. The highest BCUT2D eigenvalue weighted by Gasteiger charge is 2.46. The molecule has 0 aliphatic carbocycles. The highest BCUT2D eigenvalue weighted by atomic mass is 35.5. The fraction of sp³-hybridized carbons (Fsp3) is 0.229. The Labute approximate surface area is 266 Å². The zero-order chi connectivity index (χ0) is 30.7. The highest BCUT2D eigenvalue weighted by Crippen LogP contribution is 2.48. The lowest BCUT2D eigenvalue weighted by molar-refractivity contribution is 0.180. The maximum Gasteiger partial charge on any atom is 0.322 e. The first-order valence-corrected chi connectivity index (χ1v) is 15.2. The molecule has 0 atom stereocenters. The van der Waals surface area contributed by atoms with E-state index in [1.807, 2.05) is 47.4 Å². The van der Waals surface area contributed by atoms with Crippen molar-refractivity contribution in [2.75, 3.05) is 31.1 Å². The molecular formula is C35H30Cl2FN5O. The van der Waals surface area contributed by atoms with Gasteiger partial charge in [-0.1, -0.05) is 59.6 Å². The first-order chi connectivity index (χ1) is 21.3. The van der Waals surface area contributed by atoms with E-state index in [4.69, 9.17) is 23.2 Å². The first kappa shape index (κ1) is 29.8. The molecule has 0 saturated carbocycles. The summed E-state index contributed by atoms with van der Waals surface area (Å²) in [6, 6.07) is 24.4. The van der Waals surface area contributed by atoms with Gasteiger partial charge >= 0.3 is 6.03 Å². The molecular weight excluding hydrogens is 596 g/mol. The molecule has 2 aliphatic heterocycles. The predicted octanol–water partition coefficient (Wildman–Crippen LogP) is 7.84. The normalized spacial score (nSPS) is 15.8. The Morgan fingerprint density at radius 2 is 1.84 bits per heavy atom. The molecule has 0 bridgehead atoms. The van der Waals surface area contributed by atoms with Crippen molar-refractivity contribution in [2.45, 2.75) is 24.8 Å². The quantitative estimate of drug-likeness (QED) is 0.222. The van der Waals surface area contributed by atoms with Gasteiger partial charge in [-0.3, -0.25) is 9.80 Å². The van der Waals surface area contributed by atoms with Crippen LogP contribution in [0.4, 0.5) is 14.9 Å². The van der Waals surface area contributed by atoms with Crippen LogP contribution < -0.4 is 10.2 Å². The van der Waals surface area contributed by atoms with Crippen LogP contribution in [0.3, 0.4) is 0 Å². The predicted molar refractivity (Wildman–Crippen MR) is 173 cm³/mol. The number of piperidine rings is 1. The van der Waals surface area contributed by atoms with Gasteiger partial charge in [0.1, 0.15) is 0 Å². The van der Waals surface area contributed by atoms with Gasteiger partial charge in [0.15, 0.2) is 0 Å². The molecule has 1 fully saturated rings. The maximum atomic E-state index is 13.6. The molecule has 1 spiro atoms. The molecule has 222 valence electrons. The summed E-state index contributed by atoms with van der Waals surface area (Å²) in [5.41, 5.74) is 6.06. The van der Waals surface area contributed by atoms with E-state index in [1.54, 1.807) is 18.2 Å². The molecule has 0 radical (unpaired) electrons. The standard InChI is InChI=1S/C35H30Cl2FN5O/c36-30-8-6-24(18-31(30)37)4-2-14-42-15-11-35(12-16-42)23-43(34(44)41-22-26-10-13-40-33(38)19-26)32-9-7-28(20-29(32)35)27-5-1-3-25(17-27)21-39/h1-10,13,17-20H,11-12,14-16,22-23H2,(H,41,44)/b4-2+. The van der Waals surface area contributed by atoms with Gasteiger partial charge < -0.3 is 5.32 Å². The van der Waals surface area contributed by atoms with Gasteiger partial charge in [0.25, 0.3) is 0 Å². The number of nitrogens with one attached hydrogen (secondary N) is 1. The zero-order valence-corrected chi connectivity index (χ0v) is 25.5. The second-order valence-electron chi connectivity index (χ2n) is 11.3. The number of fused-ring (bicyclic) bond motifs is 2. The molecule has 1 N–H and O–H groups in total. The average Bonchev–Trinajstić information content (AvgIpc) is 3.35. The van der Waals surface area contributed by atoms with Crippen molar-refractivity contribution in [1.82, 2.24) is 15.2 Å². The number of hydrogen-bond donors (Lipinski definition) is 1. The zero-order valence-electron chi connectivity index (χ0n) is 23.9. The summed E-state index contributed by atoms with van der Waals surface area (Å²) >= 11 is 12.2. The Kier molecular flexibility index (Phi) is 8.67. The number of amides is 2. The second kappa shape index (κ2) is 12.8. The van der Waals surface area contributed by atoms with Gasteiger partial charge in [0.05, 0.1) is 21.7 Å². The summed E-state index contributed by atoms with van der Waals surface area (Å²) in [5, 5.41) is 13.5. The minimum atomic E-state index is -0.575. The number of nitrogens with zero attached hydrogens (tertiary/aromatic N) is 4. The summed E-state index contributed by atoms with van der Waals surface area (Å²) in [7, 11) is 0. The van der Waals surface area contributed by atoms with Crippen molar-refractivity contribution >= 4 is 41.0 Å². The number of nitriles is 1. The van der Waals surface area contributed by atoms with E-state index in [9.17, 15) is 14.4 Å². The molecule has 2 amide bonds. The van der Waals surface area contributed by atoms with Crippen LogP contribution in [-0.2, 0) is 12.0 Å². The van der Waals surface area contributed by atoms with E-state index in [0.717, 1.165) is 60.4 Å². The number of halogens is 3. The first-order valence-electron chi connectivity index (χ1n) is 14.5. The lowest BCUT2D eigenvalue weighted by Crippen LogP contribution is -2.47. The van der Waals surface area contributed by atoms with Crippen LogP contribution >= 0.6 is 23.2 Å². The van der Waals surface area contributed by atoms with Crippen LogP contribution in [0, 0.1) is 17.3 Å². The number of pyridine rings is 1. The molecule has 0 unspecified atom stereocenters. The van der Waals surface area contributed by atoms with E-state index in [1.165, 1.54) is 12.3 Å². The van der Waals surface area contributed by atoms with Crippen molar-refractivity contribution < 1.29 is 9.18 Å². The van der Waals surface area contributed by atoms with Crippen LogP contribution in [0.2, 0.25) is 10.0 Å². The molecule has 4 aromatic rings. The van der Waals surface area contributed by atoms with Crippen molar-refractivity contribution in [3.05, 3.63) is 123 Å².